The molecule has 54 heavy (non-hydrogen) atoms. The molecule has 0 fully saturated rings. The molecular formula is C53H33N. The summed E-state index contributed by atoms with van der Waals surface area (Å²) in [5.41, 5.74) is 10.4. The van der Waals surface area contributed by atoms with Gasteiger partial charge in [-0.25, -0.2) is 4.98 Å². The molecule has 0 spiro atoms. The maximum Gasteiger partial charge on any atom is 0.0787 e. The summed E-state index contributed by atoms with van der Waals surface area (Å²) in [5, 5.41) is 13.5. The SMILES string of the molecule is c1cc(-c2ccc3c(-c4ccc5ccccc5c4)c4ccccc4c(-c4ccc5ccccc5c4)c3c2)cc(-c2ccc3ccc4ccccc4c3n2)c1. The summed E-state index contributed by atoms with van der Waals surface area (Å²) in [6.07, 6.45) is 0. The second kappa shape index (κ2) is 12.3. The molecule has 0 aliphatic rings. The second-order valence-corrected chi connectivity index (χ2v) is 14.3. The van der Waals surface area contributed by atoms with Crippen LogP contribution in [0.4, 0.5) is 0 Å². The van der Waals surface area contributed by atoms with E-state index in [1.807, 2.05) is 0 Å². The number of hydrogen-bond acceptors (Lipinski definition) is 1. The van der Waals surface area contributed by atoms with Gasteiger partial charge < -0.3 is 0 Å². The van der Waals surface area contributed by atoms with E-state index in [2.05, 4.69) is 200 Å². The van der Waals surface area contributed by atoms with Crippen LogP contribution in [0.3, 0.4) is 0 Å². The van der Waals surface area contributed by atoms with Gasteiger partial charge in [0, 0.05) is 16.3 Å². The summed E-state index contributed by atoms with van der Waals surface area (Å²) in [4.78, 5) is 5.24. The van der Waals surface area contributed by atoms with Crippen molar-refractivity contribution in [2.24, 2.45) is 0 Å². The van der Waals surface area contributed by atoms with Gasteiger partial charge in [0.05, 0.1) is 11.2 Å². The van der Waals surface area contributed by atoms with E-state index in [0.29, 0.717) is 0 Å². The van der Waals surface area contributed by atoms with Crippen molar-refractivity contribution < 1.29 is 0 Å². The third kappa shape index (κ3) is 4.98. The van der Waals surface area contributed by atoms with Crippen molar-refractivity contribution in [3.05, 3.63) is 200 Å². The summed E-state index contributed by atoms with van der Waals surface area (Å²) >= 11 is 0. The van der Waals surface area contributed by atoms with Gasteiger partial charge in [0.25, 0.3) is 0 Å². The average molecular weight is 684 g/mol. The number of rotatable bonds is 4. The van der Waals surface area contributed by atoms with Crippen LogP contribution in [0.5, 0.6) is 0 Å². The molecule has 10 aromatic carbocycles. The molecule has 1 aromatic heterocycles. The summed E-state index contributed by atoms with van der Waals surface area (Å²) < 4.78 is 0. The first kappa shape index (κ1) is 30.5. The molecule has 0 atom stereocenters. The number of pyridine rings is 1. The van der Waals surface area contributed by atoms with Gasteiger partial charge >= 0.3 is 0 Å². The standard InChI is InChI=1S/C53H33N/c1-3-13-38-31-43(24-20-34(38)10-1)51-46-18-7-8-19-47(46)52(44-25-21-35-11-2-4-14-39(35)32-44)49-33-41(26-28-48(49)51)40-15-9-16-42(30-40)50-29-27-37-23-22-36-12-5-6-17-45(36)53(37)54-50/h1-33H. The quantitative estimate of drug-likeness (QED) is 0.133. The van der Waals surface area contributed by atoms with Crippen LogP contribution in [0.2, 0.25) is 0 Å². The number of hydrogen-bond donors (Lipinski definition) is 0. The van der Waals surface area contributed by atoms with E-state index >= 15 is 0 Å². The Kier molecular flexibility index (Phi) is 6.93. The van der Waals surface area contributed by atoms with Crippen molar-refractivity contribution in [3.63, 3.8) is 0 Å². The minimum Gasteiger partial charge on any atom is -0.247 e. The first-order chi connectivity index (χ1) is 26.7. The van der Waals surface area contributed by atoms with E-state index in [4.69, 9.17) is 4.98 Å². The third-order valence-corrected chi connectivity index (χ3v) is 11.2. The maximum atomic E-state index is 5.24. The largest absolute Gasteiger partial charge is 0.247 e. The molecule has 0 bridgehead atoms. The van der Waals surface area contributed by atoms with Crippen molar-refractivity contribution in [1.82, 2.24) is 4.98 Å². The molecule has 11 rings (SSSR count). The first-order valence-electron chi connectivity index (χ1n) is 18.6. The van der Waals surface area contributed by atoms with E-state index in [-0.39, 0.29) is 0 Å². The highest BCUT2D eigenvalue weighted by atomic mass is 14.7. The topological polar surface area (TPSA) is 12.9 Å². The van der Waals surface area contributed by atoms with Gasteiger partial charge in [-0.05, 0) is 112 Å². The van der Waals surface area contributed by atoms with Crippen LogP contribution in [0.15, 0.2) is 200 Å². The van der Waals surface area contributed by atoms with Crippen LogP contribution in [-0.2, 0) is 0 Å². The Morgan fingerprint density at radius 2 is 0.722 bits per heavy atom. The zero-order valence-electron chi connectivity index (χ0n) is 29.5. The lowest BCUT2D eigenvalue weighted by Gasteiger charge is -2.19. The molecule has 0 aliphatic heterocycles. The molecule has 0 N–H and O–H groups in total. The van der Waals surface area contributed by atoms with Crippen molar-refractivity contribution in [2.75, 3.05) is 0 Å². The van der Waals surface area contributed by atoms with Crippen LogP contribution in [0, 0.1) is 0 Å². The molecular weight excluding hydrogens is 651 g/mol. The fourth-order valence-corrected chi connectivity index (χ4v) is 8.55. The monoisotopic (exact) mass is 683 g/mol. The van der Waals surface area contributed by atoms with Crippen LogP contribution in [-0.4, -0.2) is 4.98 Å². The first-order valence-corrected chi connectivity index (χ1v) is 18.6. The van der Waals surface area contributed by atoms with E-state index < -0.39 is 0 Å². The number of nitrogens with zero attached hydrogens (tertiary/aromatic N) is 1. The number of aromatic nitrogens is 1. The van der Waals surface area contributed by atoms with Crippen molar-refractivity contribution >= 4 is 64.8 Å². The van der Waals surface area contributed by atoms with Gasteiger partial charge in [0.1, 0.15) is 0 Å². The second-order valence-electron chi connectivity index (χ2n) is 14.3. The highest BCUT2D eigenvalue weighted by molar-refractivity contribution is 6.22. The van der Waals surface area contributed by atoms with Gasteiger partial charge in [0.2, 0.25) is 0 Å². The molecule has 0 saturated heterocycles. The Labute approximate surface area is 313 Å². The predicted octanol–water partition coefficient (Wildman–Crippen LogP) is 14.7. The third-order valence-electron chi connectivity index (χ3n) is 11.2. The Morgan fingerprint density at radius 1 is 0.241 bits per heavy atom. The minimum absolute atomic E-state index is 0.975. The molecule has 1 nitrogen and oxygen atoms in total. The van der Waals surface area contributed by atoms with Crippen LogP contribution in [0.25, 0.3) is 109 Å². The Bertz CT molecular complexity index is 3280. The van der Waals surface area contributed by atoms with E-state index in [1.54, 1.807) is 0 Å². The molecule has 1 heteroatoms. The predicted molar refractivity (Wildman–Crippen MR) is 231 cm³/mol. The van der Waals surface area contributed by atoms with Gasteiger partial charge in [-0.15, -0.1) is 0 Å². The van der Waals surface area contributed by atoms with E-state index in [9.17, 15) is 0 Å². The van der Waals surface area contributed by atoms with Gasteiger partial charge in [-0.3, -0.25) is 0 Å². The average Bonchev–Trinajstić information content (AvgIpc) is 3.24. The molecule has 0 saturated carbocycles. The lowest BCUT2D eigenvalue weighted by molar-refractivity contribution is 1.41. The summed E-state index contributed by atoms with van der Waals surface area (Å²) in [7, 11) is 0. The molecule has 250 valence electrons. The molecule has 11 aromatic rings. The highest BCUT2D eigenvalue weighted by Crippen LogP contribution is 2.46. The van der Waals surface area contributed by atoms with Crippen molar-refractivity contribution in [1.29, 1.82) is 0 Å². The Hall–Kier alpha value is -7.09. The number of benzene rings is 10. The number of fused-ring (bicyclic) bond motifs is 7. The van der Waals surface area contributed by atoms with Crippen molar-refractivity contribution in [2.45, 2.75) is 0 Å². The molecule has 0 amide bonds. The summed E-state index contributed by atoms with van der Waals surface area (Å²) in [5.74, 6) is 0. The van der Waals surface area contributed by atoms with E-state index in [0.717, 1.165) is 22.2 Å². The smallest absolute Gasteiger partial charge is 0.0787 e. The van der Waals surface area contributed by atoms with Crippen LogP contribution in [0.1, 0.15) is 0 Å². The molecule has 0 unspecified atom stereocenters. The normalized spacial score (nSPS) is 11.7. The van der Waals surface area contributed by atoms with Crippen molar-refractivity contribution in [3.8, 4) is 44.6 Å². The molecule has 0 radical (unpaired) electrons. The zero-order valence-corrected chi connectivity index (χ0v) is 29.5. The lowest BCUT2D eigenvalue weighted by Crippen LogP contribution is -1.92. The highest BCUT2D eigenvalue weighted by Gasteiger charge is 2.18. The van der Waals surface area contributed by atoms with Gasteiger partial charge in [-0.2, -0.15) is 0 Å². The zero-order chi connectivity index (χ0) is 35.6. The lowest BCUT2D eigenvalue weighted by atomic mass is 9.84. The van der Waals surface area contributed by atoms with Crippen LogP contribution < -0.4 is 0 Å². The summed E-state index contributed by atoms with van der Waals surface area (Å²) in [6, 6.07) is 73.1. The Balaban J connectivity index is 1.15. The fraction of sp³-hybridized carbons (Fsp3) is 0. The minimum atomic E-state index is 0.975. The molecule has 0 aliphatic carbocycles. The summed E-state index contributed by atoms with van der Waals surface area (Å²) in [6.45, 7) is 0. The van der Waals surface area contributed by atoms with Gasteiger partial charge in [-0.1, -0.05) is 170 Å². The Morgan fingerprint density at radius 3 is 1.43 bits per heavy atom. The van der Waals surface area contributed by atoms with E-state index in [1.165, 1.54) is 87.2 Å². The fourth-order valence-electron chi connectivity index (χ4n) is 8.55. The maximum absolute atomic E-state index is 5.24. The van der Waals surface area contributed by atoms with Gasteiger partial charge in [0.15, 0.2) is 0 Å². The molecule has 1 heterocycles. The van der Waals surface area contributed by atoms with Crippen LogP contribution >= 0.6 is 0 Å².